The summed E-state index contributed by atoms with van der Waals surface area (Å²) < 4.78 is 51.3. The fourth-order valence-corrected chi connectivity index (χ4v) is 4.24. The van der Waals surface area contributed by atoms with Gasteiger partial charge in [0.05, 0.1) is 0 Å². The largest absolute Gasteiger partial charge is 0.508 e. The zero-order valence-electron chi connectivity index (χ0n) is 18.6. The molecule has 0 saturated carbocycles. The van der Waals surface area contributed by atoms with Gasteiger partial charge in [0.25, 0.3) is 0 Å². The minimum atomic E-state index is -4.75. The fraction of sp³-hybridized carbons (Fsp3) is 0.143. The van der Waals surface area contributed by atoms with E-state index in [2.05, 4.69) is 0 Å². The number of rotatable bonds is 5. The van der Waals surface area contributed by atoms with Gasteiger partial charge in [-0.3, -0.25) is 0 Å². The van der Waals surface area contributed by atoms with Gasteiger partial charge in [-0.2, -0.15) is 13.2 Å². The van der Waals surface area contributed by atoms with Gasteiger partial charge >= 0.3 is 6.18 Å². The van der Waals surface area contributed by atoms with Crippen molar-refractivity contribution in [3.8, 4) is 23.0 Å². The van der Waals surface area contributed by atoms with E-state index >= 15 is 13.2 Å². The summed E-state index contributed by atoms with van der Waals surface area (Å²) in [6, 6.07) is 21.9. The van der Waals surface area contributed by atoms with Crippen molar-refractivity contribution >= 4 is 0 Å². The van der Waals surface area contributed by atoms with Crippen molar-refractivity contribution in [2.75, 3.05) is 0 Å². The number of phenolic OH excluding ortho intramolecular Hbond substituents is 2. The summed E-state index contributed by atoms with van der Waals surface area (Å²) >= 11 is 0. The second-order valence-corrected chi connectivity index (χ2v) is 8.23. The number of benzene rings is 4. The normalized spacial score (nSPS) is 11.9. The van der Waals surface area contributed by atoms with Crippen LogP contribution >= 0.6 is 0 Å². The summed E-state index contributed by atoms with van der Waals surface area (Å²) in [7, 11) is 0. The minimum absolute atomic E-state index is 0.0210. The molecule has 0 spiro atoms. The SMILES string of the molecule is Cc1ccc(Oc2ccc(C(c3ccc(O)cc3)(c3ccc(O)cc3)C(F)(F)F)c(C)c2)cc1. The van der Waals surface area contributed by atoms with E-state index in [0.717, 1.165) is 5.56 Å². The molecule has 3 nitrogen and oxygen atoms in total. The lowest BCUT2D eigenvalue weighted by molar-refractivity contribution is -0.166. The number of ether oxygens (including phenoxy) is 1. The van der Waals surface area contributed by atoms with Crippen molar-refractivity contribution in [3.63, 3.8) is 0 Å². The predicted octanol–water partition coefficient (Wildman–Crippen LogP) is 7.40. The third kappa shape index (κ3) is 4.19. The number of aryl methyl sites for hydroxylation is 2. The topological polar surface area (TPSA) is 49.7 Å². The zero-order valence-corrected chi connectivity index (χ0v) is 18.6. The zero-order chi connectivity index (χ0) is 24.5. The first-order valence-electron chi connectivity index (χ1n) is 10.6. The van der Waals surface area contributed by atoms with Gasteiger partial charge in [0.2, 0.25) is 0 Å². The van der Waals surface area contributed by atoms with Gasteiger partial charge in [-0.25, -0.2) is 0 Å². The Hall–Kier alpha value is -3.93. The van der Waals surface area contributed by atoms with Crippen molar-refractivity contribution in [2.45, 2.75) is 25.4 Å². The summed E-state index contributed by atoms with van der Waals surface area (Å²) in [6.07, 6.45) is -4.75. The summed E-state index contributed by atoms with van der Waals surface area (Å²) in [5, 5.41) is 19.4. The van der Waals surface area contributed by atoms with Gasteiger partial charge in [-0.1, -0.05) is 48.0 Å². The first-order valence-corrected chi connectivity index (χ1v) is 10.6. The predicted molar refractivity (Wildman–Crippen MR) is 125 cm³/mol. The smallest absolute Gasteiger partial charge is 0.406 e. The van der Waals surface area contributed by atoms with E-state index in [0.29, 0.717) is 17.1 Å². The number of hydrogen-bond donors (Lipinski definition) is 2. The third-order valence-electron chi connectivity index (χ3n) is 5.88. The van der Waals surface area contributed by atoms with E-state index in [9.17, 15) is 10.2 Å². The molecule has 174 valence electrons. The van der Waals surface area contributed by atoms with E-state index < -0.39 is 11.6 Å². The first kappa shape index (κ1) is 23.2. The molecule has 4 rings (SSSR count). The van der Waals surface area contributed by atoms with Gasteiger partial charge < -0.3 is 14.9 Å². The Bertz CT molecular complexity index is 1230. The second kappa shape index (κ2) is 8.78. The van der Waals surface area contributed by atoms with Gasteiger partial charge in [-0.05, 0) is 84.6 Å². The fourth-order valence-electron chi connectivity index (χ4n) is 4.24. The Morgan fingerprint density at radius 1 is 0.618 bits per heavy atom. The molecule has 0 aliphatic rings. The maximum Gasteiger partial charge on any atom is 0.406 e. The Morgan fingerprint density at radius 2 is 1.09 bits per heavy atom. The Morgan fingerprint density at radius 3 is 1.53 bits per heavy atom. The molecular formula is C28H23F3O3. The molecule has 0 aliphatic heterocycles. The molecule has 4 aromatic carbocycles. The Balaban J connectivity index is 1.92. The van der Waals surface area contributed by atoms with Crippen molar-refractivity contribution in [2.24, 2.45) is 0 Å². The highest BCUT2D eigenvalue weighted by atomic mass is 19.4. The van der Waals surface area contributed by atoms with Crippen LogP contribution in [0.3, 0.4) is 0 Å². The molecular weight excluding hydrogens is 441 g/mol. The molecule has 0 atom stereocenters. The number of alkyl halides is 3. The molecule has 6 heteroatoms. The number of halogens is 3. The average molecular weight is 464 g/mol. The Labute approximate surface area is 195 Å². The van der Waals surface area contributed by atoms with Gasteiger partial charge in [0.15, 0.2) is 0 Å². The van der Waals surface area contributed by atoms with Crippen LogP contribution in [0, 0.1) is 13.8 Å². The van der Waals surface area contributed by atoms with Crippen molar-refractivity contribution in [1.29, 1.82) is 0 Å². The number of hydrogen-bond acceptors (Lipinski definition) is 3. The van der Waals surface area contributed by atoms with Crippen LogP contribution in [0.5, 0.6) is 23.0 Å². The summed E-state index contributed by atoms with van der Waals surface area (Å²) in [4.78, 5) is 0. The quantitative estimate of drug-likeness (QED) is 0.303. The van der Waals surface area contributed by atoms with E-state index in [1.807, 2.05) is 19.1 Å². The molecule has 2 N–H and O–H groups in total. The second-order valence-electron chi connectivity index (χ2n) is 8.23. The van der Waals surface area contributed by atoms with E-state index in [4.69, 9.17) is 4.74 Å². The molecule has 0 bridgehead atoms. The van der Waals surface area contributed by atoms with Crippen molar-refractivity contribution in [1.82, 2.24) is 0 Å². The lowest BCUT2D eigenvalue weighted by Gasteiger charge is -2.38. The standard InChI is InChI=1S/C28H23F3O3/c1-18-3-13-24(14-4-18)34-25-15-16-26(19(2)17-25)27(28(29,30)31,20-5-9-22(32)10-6-20)21-7-11-23(33)12-8-21/h3-17,32-33H,1-2H3. The van der Waals surface area contributed by atoms with Gasteiger partial charge in [-0.15, -0.1) is 0 Å². The van der Waals surface area contributed by atoms with Gasteiger partial charge in [0.1, 0.15) is 28.4 Å². The van der Waals surface area contributed by atoms with E-state index in [1.54, 1.807) is 25.1 Å². The molecule has 0 amide bonds. The minimum Gasteiger partial charge on any atom is -0.508 e. The highest BCUT2D eigenvalue weighted by Crippen LogP contribution is 2.52. The van der Waals surface area contributed by atoms with Crippen LogP contribution in [-0.4, -0.2) is 16.4 Å². The summed E-state index contributed by atoms with van der Waals surface area (Å²) in [5.74, 6) is 0.725. The van der Waals surface area contributed by atoms with Crippen LogP contribution < -0.4 is 4.74 Å². The van der Waals surface area contributed by atoms with Crippen LogP contribution in [0.25, 0.3) is 0 Å². The van der Waals surface area contributed by atoms with Crippen molar-refractivity contribution in [3.05, 3.63) is 119 Å². The Kier molecular flexibility index (Phi) is 6.00. The van der Waals surface area contributed by atoms with Crippen LogP contribution in [0.15, 0.2) is 91.0 Å². The highest BCUT2D eigenvalue weighted by Gasteiger charge is 2.58. The summed E-state index contributed by atoms with van der Waals surface area (Å²) in [6.45, 7) is 3.56. The highest BCUT2D eigenvalue weighted by molar-refractivity contribution is 5.57. The maximum atomic E-state index is 15.1. The molecule has 0 aliphatic carbocycles. The average Bonchev–Trinajstić information content (AvgIpc) is 2.78. The lowest BCUT2D eigenvalue weighted by atomic mass is 9.67. The molecule has 0 aromatic heterocycles. The molecule has 34 heavy (non-hydrogen) atoms. The molecule has 0 fully saturated rings. The molecule has 0 unspecified atom stereocenters. The number of aromatic hydroxyl groups is 2. The van der Waals surface area contributed by atoms with Crippen LogP contribution in [0.2, 0.25) is 0 Å². The molecule has 0 heterocycles. The molecule has 0 radical (unpaired) electrons. The maximum absolute atomic E-state index is 15.1. The monoisotopic (exact) mass is 464 g/mol. The van der Waals surface area contributed by atoms with Gasteiger partial charge in [0, 0.05) is 0 Å². The number of phenols is 2. The van der Waals surface area contributed by atoms with E-state index in [-0.39, 0.29) is 28.2 Å². The first-order chi connectivity index (χ1) is 16.1. The van der Waals surface area contributed by atoms with Crippen LogP contribution in [0.4, 0.5) is 13.2 Å². The van der Waals surface area contributed by atoms with E-state index in [1.165, 1.54) is 60.7 Å². The molecule has 4 aromatic rings. The van der Waals surface area contributed by atoms with Crippen molar-refractivity contribution < 1.29 is 28.1 Å². The summed E-state index contributed by atoms with van der Waals surface area (Å²) in [5.41, 5.74) is -1.19. The molecule has 0 saturated heterocycles. The van der Waals surface area contributed by atoms with Crippen LogP contribution in [0.1, 0.15) is 27.8 Å². The van der Waals surface area contributed by atoms with Crippen LogP contribution in [-0.2, 0) is 5.41 Å². The lowest BCUT2D eigenvalue weighted by Crippen LogP contribution is -2.45. The third-order valence-corrected chi connectivity index (χ3v) is 5.88.